The minimum atomic E-state index is -0.105. The fraction of sp³-hybridized carbons (Fsp3) is 0.0714. The minimum Gasteiger partial charge on any atom is -0.208 e. The molecule has 0 unspecified atom stereocenters. The van der Waals surface area contributed by atoms with Crippen LogP contribution in [0.15, 0.2) is 140 Å². The van der Waals surface area contributed by atoms with Gasteiger partial charge in [-0.15, -0.1) is 0 Å². The summed E-state index contributed by atoms with van der Waals surface area (Å²) in [5.74, 6) is 2.02. The predicted octanol–water partition coefficient (Wildman–Crippen LogP) is 10.6. The normalized spacial score (nSPS) is 13.3. The van der Waals surface area contributed by atoms with Gasteiger partial charge < -0.3 is 0 Å². The van der Waals surface area contributed by atoms with E-state index in [2.05, 4.69) is 135 Å². The third kappa shape index (κ3) is 4.01. The molecule has 0 radical (unpaired) electrons. The van der Waals surface area contributed by atoms with E-state index in [9.17, 15) is 0 Å². The molecule has 0 bridgehead atoms. The first kappa shape index (κ1) is 25.8. The highest BCUT2D eigenvalue weighted by atomic mass is 15.0. The van der Waals surface area contributed by atoms with Crippen LogP contribution >= 0.6 is 0 Å². The summed E-state index contributed by atoms with van der Waals surface area (Å²) in [4.78, 5) is 15.2. The number of fused-ring (bicyclic) bond motifs is 8. The summed E-state index contributed by atoms with van der Waals surface area (Å²) in [7, 11) is 0. The van der Waals surface area contributed by atoms with Gasteiger partial charge in [0.05, 0.1) is 0 Å². The van der Waals surface area contributed by atoms with Gasteiger partial charge in [-0.05, 0) is 66.7 Å². The third-order valence-corrected chi connectivity index (χ3v) is 9.51. The van der Waals surface area contributed by atoms with Crippen molar-refractivity contribution in [1.29, 1.82) is 0 Å². The van der Waals surface area contributed by atoms with Crippen molar-refractivity contribution in [3.8, 4) is 45.3 Å². The Morgan fingerprint density at radius 1 is 0.378 bits per heavy atom. The topological polar surface area (TPSA) is 38.7 Å². The van der Waals surface area contributed by atoms with Gasteiger partial charge >= 0.3 is 0 Å². The van der Waals surface area contributed by atoms with Crippen LogP contribution in [0.4, 0.5) is 0 Å². The molecule has 1 aliphatic carbocycles. The Kier molecular flexibility index (Phi) is 5.54. The summed E-state index contributed by atoms with van der Waals surface area (Å²) in [6.45, 7) is 4.61. The maximum atomic E-state index is 5.11. The lowest BCUT2D eigenvalue weighted by molar-refractivity contribution is 0.660. The van der Waals surface area contributed by atoms with Crippen LogP contribution in [-0.2, 0) is 5.41 Å². The van der Waals surface area contributed by atoms with Gasteiger partial charge in [0.15, 0.2) is 17.5 Å². The number of aromatic nitrogens is 3. The van der Waals surface area contributed by atoms with Crippen LogP contribution < -0.4 is 0 Å². The molecule has 0 amide bonds. The highest BCUT2D eigenvalue weighted by molar-refractivity contribution is 6.17. The lowest BCUT2D eigenvalue weighted by Gasteiger charge is -2.21. The Balaban J connectivity index is 1.21. The summed E-state index contributed by atoms with van der Waals surface area (Å²) in [5, 5.41) is 7.43. The SMILES string of the molecule is CC1(C)c2ccccc2-c2ccc(-c3nc(-c4ccccc4)nc(-c4ccc5c(ccc6c7ccccc7ccc56)c4)n3)cc21. The molecule has 1 aliphatic rings. The first-order valence-electron chi connectivity index (χ1n) is 15.5. The molecule has 9 rings (SSSR count). The largest absolute Gasteiger partial charge is 0.208 e. The summed E-state index contributed by atoms with van der Waals surface area (Å²) in [6, 6.07) is 49.6. The molecular formula is C42H29N3. The molecule has 0 aliphatic heterocycles. The molecule has 7 aromatic carbocycles. The standard InChI is InChI=1S/C42H29N3/c1-42(2)37-15-9-8-14-35(37)36-23-19-30(25-38(36)42)41-44-39(27-11-4-3-5-12-27)43-40(45-41)29-18-20-32-28(24-29)17-22-33-31-13-7-6-10-26(31)16-21-34(32)33/h3-25H,1-2H3. The molecule has 3 heteroatoms. The Morgan fingerprint density at radius 3 is 1.73 bits per heavy atom. The number of hydrogen-bond donors (Lipinski definition) is 0. The van der Waals surface area contributed by atoms with Crippen molar-refractivity contribution in [2.24, 2.45) is 0 Å². The van der Waals surface area contributed by atoms with Crippen molar-refractivity contribution >= 4 is 32.3 Å². The van der Waals surface area contributed by atoms with E-state index < -0.39 is 0 Å². The van der Waals surface area contributed by atoms with Crippen molar-refractivity contribution in [3.05, 3.63) is 151 Å². The lowest BCUT2D eigenvalue weighted by atomic mass is 9.82. The molecule has 0 saturated heterocycles. The summed E-state index contributed by atoms with van der Waals surface area (Å²) >= 11 is 0. The van der Waals surface area contributed by atoms with Crippen molar-refractivity contribution in [2.75, 3.05) is 0 Å². The number of rotatable bonds is 3. The second-order valence-electron chi connectivity index (χ2n) is 12.5. The van der Waals surface area contributed by atoms with E-state index in [1.807, 2.05) is 18.2 Å². The average molecular weight is 576 g/mol. The number of benzene rings is 7. The van der Waals surface area contributed by atoms with Crippen LogP contribution in [0, 0.1) is 0 Å². The maximum Gasteiger partial charge on any atom is 0.164 e. The zero-order valence-electron chi connectivity index (χ0n) is 25.1. The molecule has 212 valence electrons. The average Bonchev–Trinajstić information content (AvgIpc) is 3.33. The third-order valence-electron chi connectivity index (χ3n) is 9.51. The Labute approximate surface area is 261 Å². The van der Waals surface area contributed by atoms with Crippen molar-refractivity contribution < 1.29 is 0 Å². The zero-order valence-corrected chi connectivity index (χ0v) is 25.1. The van der Waals surface area contributed by atoms with Crippen molar-refractivity contribution in [2.45, 2.75) is 19.3 Å². The Hall–Kier alpha value is -5.67. The summed E-state index contributed by atoms with van der Waals surface area (Å²) < 4.78 is 0. The van der Waals surface area contributed by atoms with Gasteiger partial charge in [0.1, 0.15) is 0 Å². The smallest absolute Gasteiger partial charge is 0.164 e. The van der Waals surface area contributed by atoms with Gasteiger partial charge in [0, 0.05) is 22.1 Å². The molecule has 3 nitrogen and oxygen atoms in total. The molecule has 0 fully saturated rings. The molecule has 1 heterocycles. The molecule has 0 N–H and O–H groups in total. The first-order valence-corrected chi connectivity index (χ1v) is 15.5. The molecule has 0 atom stereocenters. The van der Waals surface area contributed by atoms with Crippen LogP contribution in [-0.4, -0.2) is 15.0 Å². The monoisotopic (exact) mass is 575 g/mol. The van der Waals surface area contributed by atoms with Gasteiger partial charge in [-0.25, -0.2) is 15.0 Å². The van der Waals surface area contributed by atoms with Gasteiger partial charge in [-0.1, -0.05) is 141 Å². The van der Waals surface area contributed by atoms with E-state index in [0.29, 0.717) is 17.5 Å². The molecule has 45 heavy (non-hydrogen) atoms. The van der Waals surface area contributed by atoms with Crippen molar-refractivity contribution in [1.82, 2.24) is 15.0 Å². The summed E-state index contributed by atoms with van der Waals surface area (Å²) in [6.07, 6.45) is 0. The predicted molar refractivity (Wildman–Crippen MR) is 186 cm³/mol. The molecule has 0 saturated carbocycles. The van der Waals surface area contributed by atoms with E-state index in [0.717, 1.165) is 22.1 Å². The lowest BCUT2D eigenvalue weighted by Crippen LogP contribution is -2.15. The second kappa shape index (κ2) is 9.67. The number of nitrogens with zero attached hydrogens (tertiary/aromatic N) is 3. The fourth-order valence-corrected chi connectivity index (χ4v) is 7.16. The Bertz CT molecular complexity index is 2460. The van der Waals surface area contributed by atoms with Crippen LogP contribution in [0.2, 0.25) is 0 Å². The maximum absolute atomic E-state index is 5.11. The second-order valence-corrected chi connectivity index (χ2v) is 12.5. The van der Waals surface area contributed by atoms with Crippen molar-refractivity contribution in [3.63, 3.8) is 0 Å². The van der Waals surface area contributed by atoms with Crippen LogP contribution in [0.1, 0.15) is 25.0 Å². The van der Waals surface area contributed by atoms with Crippen LogP contribution in [0.25, 0.3) is 77.6 Å². The molecule has 1 aromatic heterocycles. The fourth-order valence-electron chi connectivity index (χ4n) is 7.16. The quantitative estimate of drug-likeness (QED) is 0.197. The highest BCUT2D eigenvalue weighted by Crippen LogP contribution is 2.49. The van der Waals surface area contributed by atoms with Gasteiger partial charge in [-0.2, -0.15) is 0 Å². The minimum absolute atomic E-state index is 0.105. The Morgan fingerprint density at radius 2 is 0.933 bits per heavy atom. The molecular weight excluding hydrogens is 546 g/mol. The highest BCUT2D eigenvalue weighted by Gasteiger charge is 2.35. The van der Waals surface area contributed by atoms with Crippen LogP contribution in [0.5, 0.6) is 0 Å². The van der Waals surface area contributed by atoms with E-state index >= 15 is 0 Å². The van der Waals surface area contributed by atoms with E-state index in [-0.39, 0.29) is 5.41 Å². The van der Waals surface area contributed by atoms with E-state index in [1.54, 1.807) is 0 Å². The van der Waals surface area contributed by atoms with Gasteiger partial charge in [0.2, 0.25) is 0 Å². The van der Waals surface area contributed by atoms with Gasteiger partial charge in [-0.3, -0.25) is 0 Å². The number of hydrogen-bond acceptors (Lipinski definition) is 3. The van der Waals surface area contributed by atoms with Crippen LogP contribution in [0.3, 0.4) is 0 Å². The first-order chi connectivity index (χ1) is 22.0. The molecule has 8 aromatic rings. The van der Waals surface area contributed by atoms with E-state index in [4.69, 9.17) is 15.0 Å². The summed E-state index contributed by atoms with van der Waals surface area (Å²) in [5.41, 5.74) is 8.08. The molecule has 0 spiro atoms. The van der Waals surface area contributed by atoms with E-state index in [1.165, 1.54) is 49.2 Å². The van der Waals surface area contributed by atoms with Gasteiger partial charge in [0.25, 0.3) is 0 Å². The zero-order chi connectivity index (χ0) is 30.1.